The van der Waals surface area contributed by atoms with Gasteiger partial charge in [0.25, 0.3) is 5.91 Å². The molecule has 1 saturated heterocycles. The molecule has 2 aliphatic heterocycles. The highest BCUT2D eigenvalue weighted by molar-refractivity contribution is 6.37. The number of carbonyl (C=O) groups excluding carboxylic acids is 2. The molecule has 9 heteroatoms. The summed E-state index contributed by atoms with van der Waals surface area (Å²) in [5.74, 6) is -1.63. The number of piperazine rings is 1. The van der Waals surface area contributed by atoms with Crippen LogP contribution < -0.4 is 10.2 Å². The second-order valence-electron chi connectivity index (χ2n) is 7.97. The summed E-state index contributed by atoms with van der Waals surface area (Å²) in [4.78, 5) is 33.1. The van der Waals surface area contributed by atoms with Crippen molar-refractivity contribution in [3.05, 3.63) is 66.0 Å². The average molecular weight is 444 g/mol. The van der Waals surface area contributed by atoms with E-state index in [0.29, 0.717) is 18.8 Å². The Balaban J connectivity index is 1.39. The van der Waals surface area contributed by atoms with Crippen molar-refractivity contribution in [2.45, 2.75) is 19.1 Å². The van der Waals surface area contributed by atoms with E-state index in [2.05, 4.69) is 10.3 Å². The molecule has 4 rings (SSSR count). The van der Waals surface area contributed by atoms with Crippen LogP contribution in [0.15, 0.2) is 54.9 Å². The van der Waals surface area contributed by atoms with Gasteiger partial charge in [0.15, 0.2) is 0 Å². The molecule has 1 aromatic heterocycles. The van der Waals surface area contributed by atoms with E-state index in [4.69, 9.17) is 0 Å². The third kappa shape index (κ3) is 4.46. The second-order valence-corrected chi connectivity index (χ2v) is 7.97. The maximum Gasteiger partial charge on any atom is 0.416 e. The maximum atomic E-state index is 13.0. The molecule has 32 heavy (non-hydrogen) atoms. The highest BCUT2D eigenvalue weighted by Gasteiger charge is 2.37. The maximum absolute atomic E-state index is 13.0. The molecule has 1 fully saturated rings. The van der Waals surface area contributed by atoms with Gasteiger partial charge in [-0.3, -0.25) is 14.6 Å². The van der Waals surface area contributed by atoms with Crippen molar-refractivity contribution in [1.82, 2.24) is 15.2 Å². The first-order chi connectivity index (χ1) is 15.2. The van der Waals surface area contributed by atoms with E-state index in [1.54, 1.807) is 35.5 Å². The first-order valence-corrected chi connectivity index (χ1v) is 10.4. The minimum atomic E-state index is -4.41. The molecule has 2 atom stereocenters. The SMILES string of the molecule is CC1NC(c2cccnc2)=CC1C(=O)C(=O)N1CCN(c2cccc(C(F)(F)F)c2)CC1. The number of alkyl halides is 3. The van der Waals surface area contributed by atoms with Crippen LogP contribution in [-0.2, 0) is 15.8 Å². The molecule has 0 spiro atoms. The van der Waals surface area contributed by atoms with E-state index >= 15 is 0 Å². The van der Waals surface area contributed by atoms with Gasteiger partial charge in [-0.2, -0.15) is 13.2 Å². The third-order valence-corrected chi connectivity index (χ3v) is 5.86. The lowest BCUT2D eigenvalue weighted by atomic mass is 9.97. The lowest BCUT2D eigenvalue weighted by Crippen LogP contribution is -2.52. The Bertz CT molecular complexity index is 1030. The summed E-state index contributed by atoms with van der Waals surface area (Å²) < 4.78 is 39.0. The Labute approximate surface area is 183 Å². The quantitative estimate of drug-likeness (QED) is 0.735. The number of rotatable bonds is 4. The highest BCUT2D eigenvalue weighted by atomic mass is 19.4. The summed E-state index contributed by atoms with van der Waals surface area (Å²) in [6.45, 7) is 3.11. The average Bonchev–Trinajstić information content (AvgIpc) is 3.20. The minimum Gasteiger partial charge on any atom is -0.381 e. The van der Waals surface area contributed by atoms with Crippen LogP contribution in [0.5, 0.6) is 0 Å². The number of benzene rings is 1. The highest BCUT2D eigenvalue weighted by Crippen LogP contribution is 2.32. The van der Waals surface area contributed by atoms with Gasteiger partial charge in [-0.1, -0.05) is 6.07 Å². The molecule has 2 unspecified atom stereocenters. The van der Waals surface area contributed by atoms with E-state index in [0.717, 1.165) is 23.4 Å². The van der Waals surface area contributed by atoms with Crippen LogP contribution in [0.1, 0.15) is 18.1 Å². The zero-order valence-electron chi connectivity index (χ0n) is 17.5. The summed E-state index contributed by atoms with van der Waals surface area (Å²) >= 11 is 0. The molecule has 0 bridgehead atoms. The Morgan fingerprint density at radius 3 is 2.50 bits per heavy atom. The van der Waals surface area contributed by atoms with Gasteiger partial charge in [0.2, 0.25) is 5.78 Å². The Morgan fingerprint density at radius 1 is 1.09 bits per heavy atom. The number of ketones is 1. The predicted octanol–water partition coefficient (Wildman–Crippen LogP) is 2.97. The first-order valence-electron chi connectivity index (χ1n) is 10.4. The number of aromatic nitrogens is 1. The molecular formula is C23H23F3N4O2. The van der Waals surface area contributed by atoms with Crippen molar-refractivity contribution in [3.8, 4) is 0 Å². The van der Waals surface area contributed by atoms with E-state index in [-0.39, 0.29) is 19.1 Å². The van der Waals surface area contributed by atoms with Gasteiger partial charge in [0, 0.05) is 61.6 Å². The van der Waals surface area contributed by atoms with Crippen molar-refractivity contribution in [2.24, 2.45) is 5.92 Å². The normalized spacial score (nSPS) is 21.2. The Hall–Kier alpha value is -3.36. The zero-order valence-corrected chi connectivity index (χ0v) is 17.5. The van der Waals surface area contributed by atoms with Crippen molar-refractivity contribution < 1.29 is 22.8 Å². The number of anilines is 1. The van der Waals surface area contributed by atoms with Crippen LogP contribution in [0.2, 0.25) is 0 Å². The molecule has 0 aliphatic carbocycles. The van der Waals surface area contributed by atoms with Crippen molar-refractivity contribution in [3.63, 3.8) is 0 Å². The zero-order chi connectivity index (χ0) is 22.9. The van der Waals surface area contributed by atoms with Crippen LogP contribution in [0.25, 0.3) is 5.70 Å². The summed E-state index contributed by atoms with van der Waals surface area (Å²) in [5, 5.41) is 3.23. The van der Waals surface area contributed by atoms with Crippen LogP contribution >= 0.6 is 0 Å². The molecule has 0 radical (unpaired) electrons. The molecule has 1 aromatic carbocycles. The Morgan fingerprint density at radius 2 is 1.84 bits per heavy atom. The number of pyridine rings is 1. The molecule has 2 aromatic rings. The molecule has 3 heterocycles. The smallest absolute Gasteiger partial charge is 0.381 e. The van der Waals surface area contributed by atoms with Gasteiger partial charge in [-0.25, -0.2) is 0 Å². The standard InChI is InChI=1S/C23H23F3N4O2/c1-15-19(13-20(28-15)16-4-3-7-27-14-16)21(31)22(32)30-10-8-29(9-11-30)18-6-2-5-17(12-18)23(24,25)26/h2-7,12-15,19,28H,8-11H2,1H3. The van der Waals surface area contributed by atoms with Gasteiger partial charge in [-0.05, 0) is 43.3 Å². The molecule has 168 valence electrons. The molecule has 0 saturated carbocycles. The van der Waals surface area contributed by atoms with Crippen molar-refractivity contribution in [1.29, 1.82) is 0 Å². The lowest BCUT2D eigenvalue weighted by molar-refractivity contribution is -0.146. The van der Waals surface area contributed by atoms with Crippen LogP contribution in [0.4, 0.5) is 18.9 Å². The number of hydrogen-bond acceptors (Lipinski definition) is 5. The van der Waals surface area contributed by atoms with Gasteiger partial charge < -0.3 is 15.1 Å². The van der Waals surface area contributed by atoms with E-state index in [1.165, 1.54) is 11.0 Å². The number of Topliss-reactive ketones (excluding diaryl/α,β-unsaturated/α-hetero) is 1. The van der Waals surface area contributed by atoms with Crippen molar-refractivity contribution in [2.75, 3.05) is 31.1 Å². The monoisotopic (exact) mass is 444 g/mol. The number of nitrogens with one attached hydrogen (secondary N) is 1. The summed E-state index contributed by atoms with van der Waals surface area (Å²) in [7, 11) is 0. The topological polar surface area (TPSA) is 65.5 Å². The largest absolute Gasteiger partial charge is 0.416 e. The summed E-state index contributed by atoms with van der Waals surface area (Å²) in [6, 6.07) is 8.58. The number of halogens is 3. The fourth-order valence-electron chi connectivity index (χ4n) is 4.06. The number of hydrogen-bond donors (Lipinski definition) is 1. The number of amides is 1. The van der Waals surface area contributed by atoms with Crippen molar-refractivity contribution >= 4 is 23.1 Å². The fourth-order valence-corrected chi connectivity index (χ4v) is 4.06. The predicted molar refractivity (Wildman–Crippen MR) is 114 cm³/mol. The van der Waals surface area contributed by atoms with E-state index in [1.807, 2.05) is 13.0 Å². The first kappa shape index (κ1) is 21.9. The van der Waals surface area contributed by atoms with Crippen LogP contribution in [-0.4, -0.2) is 53.8 Å². The van der Waals surface area contributed by atoms with E-state index < -0.39 is 29.3 Å². The van der Waals surface area contributed by atoms with Crippen LogP contribution in [0.3, 0.4) is 0 Å². The van der Waals surface area contributed by atoms with Gasteiger partial charge >= 0.3 is 6.18 Å². The third-order valence-electron chi connectivity index (χ3n) is 5.86. The molecule has 1 amide bonds. The summed E-state index contributed by atoms with van der Waals surface area (Å²) in [5.41, 5.74) is 1.36. The van der Waals surface area contributed by atoms with Gasteiger partial charge in [0.05, 0.1) is 11.5 Å². The molecule has 6 nitrogen and oxygen atoms in total. The van der Waals surface area contributed by atoms with Crippen LogP contribution in [0, 0.1) is 5.92 Å². The molecule has 2 aliphatic rings. The minimum absolute atomic E-state index is 0.229. The number of carbonyl (C=O) groups is 2. The van der Waals surface area contributed by atoms with Gasteiger partial charge in [-0.15, -0.1) is 0 Å². The lowest BCUT2D eigenvalue weighted by Gasteiger charge is -2.36. The fraction of sp³-hybridized carbons (Fsp3) is 0.348. The van der Waals surface area contributed by atoms with E-state index in [9.17, 15) is 22.8 Å². The number of nitrogens with zero attached hydrogens (tertiary/aromatic N) is 3. The second kappa shape index (κ2) is 8.64. The van der Waals surface area contributed by atoms with Gasteiger partial charge in [0.1, 0.15) is 0 Å². The summed E-state index contributed by atoms with van der Waals surface area (Å²) in [6.07, 6.45) is 0.704. The molecular weight excluding hydrogens is 421 g/mol. The Kier molecular flexibility index (Phi) is 5.90. The molecule has 1 N–H and O–H groups in total.